The number of carboxylic acids is 1. The molecule has 23 heavy (non-hydrogen) atoms. The molecular weight excluding hydrogens is 333 g/mol. The van der Waals surface area contributed by atoms with Crippen LogP contribution in [0.25, 0.3) is 0 Å². The van der Waals surface area contributed by atoms with Gasteiger partial charge in [-0.15, -0.1) is 0 Å². The van der Waals surface area contributed by atoms with Crippen LogP contribution in [0, 0.1) is 5.92 Å². The summed E-state index contributed by atoms with van der Waals surface area (Å²) >= 11 is 1.03. The third kappa shape index (κ3) is 5.12. The van der Waals surface area contributed by atoms with Gasteiger partial charge in [-0.25, -0.2) is 4.98 Å². The van der Waals surface area contributed by atoms with Crippen LogP contribution in [0.1, 0.15) is 24.8 Å². The third-order valence-corrected chi connectivity index (χ3v) is 4.51. The van der Waals surface area contributed by atoms with Crippen molar-refractivity contribution in [1.82, 2.24) is 10.3 Å². The molecule has 1 fully saturated rings. The number of aromatic nitrogens is 1. The fourth-order valence-electron chi connectivity index (χ4n) is 2.38. The number of amides is 1. The Bertz CT molecular complexity index is 578. The van der Waals surface area contributed by atoms with Crippen LogP contribution in [-0.2, 0) is 15.8 Å². The highest BCUT2D eigenvalue weighted by Crippen LogP contribution is 2.29. The highest BCUT2D eigenvalue weighted by Gasteiger charge is 2.31. The molecule has 9 heteroatoms. The van der Waals surface area contributed by atoms with E-state index in [0.29, 0.717) is 24.3 Å². The summed E-state index contributed by atoms with van der Waals surface area (Å²) in [6.07, 6.45) is -2.14. The van der Waals surface area contributed by atoms with E-state index >= 15 is 0 Å². The molecule has 1 saturated carbocycles. The monoisotopic (exact) mass is 348 g/mol. The van der Waals surface area contributed by atoms with Crippen molar-refractivity contribution in [2.45, 2.75) is 36.5 Å². The molecule has 1 heterocycles. The second-order valence-electron chi connectivity index (χ2n) is 5.28. The van der Waals surface area contributed by atoms with Gasteiger partial charge in [-0.3, -0.25) is 9.59 Å². The molecule has 0 aliphatic heterocycles. The number of hydrogen-bond acceptors (Lipinski definition) is 4. The van der Waals surface area contributed by atoms with Crippen molar-refractivity contribution in [2.24, 2.45) is 5.92 Å². The van der Waals surface area contributed by atoms with E-state index in [1.54, 1.807) is 0 Å². The molecule has 5 nitrogen and oxygen atoms in total. The van der Waals surface area contributed by atoms with Gasteiger partial charge in [0, 0.05) is 12.2 Å². The van der Waals surface area contributed by atoms with E-state index in [2.05, 4.69) is 10.3 Å². The number of alkyl halides is 3. The van der Waals surface area contributed by atoms with Crippen LogP contribution in [0.2, 0.25) is 0 Å². The molecule has 2 rings (SSSR count). The third-order valence-electron chi connectivity index (χ3n) is 3.56. The van der Waals surface area contributed by atoms with E-state index in [0.717, 1.165) is 24.0 Å². The number of carbonyl (C=O) groups excluding carboxylic acids is 1. The van der Waals surface area contributed by atoms with Gasteiger partial charge in [0.1, 0.15) is 0 Å². The average molecular weight is 348 g/mol. The van der Waals surface area contributed by atoms with Crippen molar-refractivity contribution < 1.29 is 27.9 Å². The van der Waals surface area contributed by atoms with Gasteiger partial charge >= 0.3 is 12.1 Å². The summed E-state index contributed by atoms with van der Waals surface area (Å²) in [6, 6.07) is 1.98. The maximum absolute atomic E-state index is 12.4. The van der Waals surface area contributed by atoms with Crippen molar-refractivity contribution in [3.63, 3.8) is 0 Å². The number of aliphatic carboxylic acids is 1. The predicted octanol–water partition coefficient (Wildman–Crippen LogP) is 2.56. The summed E-state index contributed by atoms with van der Waals surface area (Å²) in [7, 11) is 0. The van der Waals surface area contributed by atoms with Crippen LogP contribution < -0.4 is 5.32 Å². The van der Waals surface area contributed by atoms with E-state index in [1.165, 1.54) is 6.07 Å². The van der Waals surface area contributed by atoms with E-state index in [1.807, 2.05) is 0 Å². The molecule has 1 aliphatic rings. The molecule has 0 saturated heterocycles. The van der Waals surface area contributed by atoms with Gasteiger partial charge in [-0.05, 0) is 31.4 Å². The van der Waals surface area contributed by atoms with Crippen molar-refractivity contribution >= 4 is 23.6 Å². The van der Waals surface area contributed by atoms with Crippen LogP contribution in [0.15, 0.2) is 23.4 Å². The summed E-state index contributed by atoms with van der Waals surface area (Å²) < 4.78 is 37.2. The summed E-state index contributed by atoms with van der Waals surface area (Å²) in [5.41, 5.74) is -0.836. The molecule has 1 amide bonds. The number of rotatable bonds is 5. The molecule has 2 atom stereocenters. The molecule has 1 aromatic heterocycles. The van der Waals surface area contributed by atoms with Crippen molar-refractivity contribution in [1.29, 1.82) is 0 Å². The lowest BCUT2D eigenvalue weighted by Crippen LogP contribution is -2.34. The second-order valence-corrected chi connectivity index (χ2v) is 6.28. The van der Waals surface area contributed by atoms with Crippen molar-refractivity contribution in [3.8, 4) is 0 Å². The normalized spacial score (nSPS) is 21.2. The van der Waals surface area contributed by atoms with Crippen LogP contribution in [0.4, 0.5) is 13.2 Å². The molecule has 2 N–H and O–H groups in total. The first-order chi connectivity index (χ1) is 10.8. The van der Waals surface area contributed by atoms with E-state index < -0.39 is 23.6 Å². The van der Waals surface area contributed by atoms with Crippen molar-refractivity contribution in [3.05, 3.63) is 23.9 Å². The van der Waals surface area contributed by atoms with Crippen LogP contribution in [0.5, 0.6) is 0 Å². The zero-order valence-electron chi connectivity index (χ0n) is 12.0. The lowest BCUT2D eigenvalue weighted by Gasteiger charge is -2.12. The predicted molar refractivity (Wildman–Crippen MR) is 76.9 cm³/mol. The molecule has 1 aromatic rings. The molecule has 1 aliphatic carbocycles. The Hall–Kier alpha value is -1.77. The summed E-state index contributed by atoms with van der Waals surface area (Å²) in [4.78, 5) is 26.3. The fraction of sp³-hybridized carbons (Fsp3) is 0.500. The fourth-order valence-corrected chi connectivity index (χ4v) is 3.03. The molecule has 126 valence electrons. The van der Waals surface area contributed by atoms with Crippen LogP contribution in [0.3, 0.4) is 0 Å². The first-order valence-corrected chi connectivity index (χ1v) is 7.92. The lowest BCUT2D eigenvalue weighted by molar-refractivity contribution is -0.141. The van der Waals surface area contributed by atoms with Gasteiger partial charge in [0.05, 0.1) is 22.3 Å². The van der Waals surface area contributed by atoms with Gasteiger partial charge in [0.25, 0.3) is 0 Å². The Labute approximate surface area is 134 Å². The first-order valence-electron chi connectivity index (χ1n) is 6.94. The van der Waals surface area contributed by atoms with Crippen molar-refractivity contribution in [2.75, 3.05) is 5.75 Å². The Kier molecular flexibility index (Phi) is 5.51. The molecule has 0 spiro atoms. The highest BCUT2D eigenvalue weighted by atomic mass is 32.2. The topological polar surface area (TPSA) is 79.3 Å². The van der Waals surface area contributed by atoms with E-state index in [9.17, 15) is 22.8 Å². The molecular formula is C14H15F3N2O3S. The molecule has 0 radical (unpaired) electrons. The Morgan fingerprint density at radius 3 is 2.61 bits per heavy atom. The standard InChI is InChI=1S/C14H15F3N2O3S/c15-14(16,17)9-2-4-12(18-6-9)23-7-11(20)19-10-3-1-8(5-10)13(21)22/h2,4,6,8,10H,1,3,5,7H2,(H,19,20)(H,21,22)/t8-,10+/m0/s1. The minimum Gasteiger partial charge on any atom is -0.481 e. The van der Waals surface area contributed by atoms with Crippen LogP contribution >= 0.6 is 11.8 Å². The maximum Gasteiger partial charge on any atom is 0.417 e. The number of hydrogen-bond donors (Lipinski definition) is 2. The summed E-state index contributed by atoms with van der Waals surface area (Å²) in [5.74, 6) is -1.55. The Morgan fingerprint density at radius 1 is 1.35 bits per heavy atom. The minimum atomic E-state index is -4.43. The smallest absolute Gasteiger partial charge is 0.417 e. The number of halogens is 3. The number of nitrogens with zero attached hydrogens (tertiary/aromatic N) is 1. The largest absolute Gasteiger partial charge is 0.481 e. The quantitative estimate of drug-likeness (QED) is 0.800. The summed E-state index contributed by atoms with van der Waals surface area (Å²) in [5, 5.41) is 12.0. The van der Waals surface area contributed by atoms with Gasteiger partial charge < -0.3 is 10.4 Å². The minimum absolute atomic E-state index is 0.0204. The zero-order chi connectivity index (χ0) is 17.0. The Morgan fingerprint density at radius 2 is 2.09 bits per heavy atom. The summed E-state index contributed by atoms with van der Waals surface area (Å²) in [6.45, 7) is 0. The SMILES string of the molecule is O=C(CSc1ccc(C(F)(F)F)cn1)N[C@@H]1CC[C@H](C(=O)O)C1. The van der Waals surface area contributed by atoms with E-state index in [4.69, 9.17) is 5.11 Å². The molecule has 0 bridgehead atoms. The number of carbonyl (C=O) groups is 2. The van der Waals surface area contributed by atoms with E-state index in [-0.39, 0.29) is 17.7 Å². The Balaban J connectivity index is 1.77. The zero-order valence-corrected chi connectivity index (χ0v) is 12.8. The lowest BCUT2D eigenvalue weighted by atomic mass is 10.1. The number of pyridine rings is 1. The number of carboxylic acid groups (broad SMARTS) is 1. The molecule has 0 unspecified atom stereocenters. The maximum atomic E-state index is 12.4. The average Bonchev–Trinajstić information content (AvgIpc) is 2.93. The number of nitrogens with one attached hydrogen (secondary N) is 1. The molecule has 0 aromatic carbocycles. The van der Waals surface area contributed by atoms with Gasteiger partial charge in [-0.2, -0.15) is 13.2 Å². The highest BCUT2D eigenvalue weighted by molar-refractivity contribution is 7.99. The van der Waals surface area contributed by atoms with Gasteiger partial charge in [0.15, 0.2) is 0 Å². The second kappa shape index (κ2) is 7.20. The van der Waals surface area contributed by atoms with Gasteiger partial charge in [-0.1, -0.05) is 11.8 Å². The van der Waals surface area contributed by atoms with Gasteiger partial charge in [0.2, 0.25) is 5.91 Å². The van der Waals surface area contributed by atoms with Crippen LogP contribution in [-0.4, -0.2) is 33.8 Å². The number of thioether (sulfide) groups is 1. The first kappa shape index (κ1) is 17.6.